The Labute approximate surface area is 182 Å². The van der Waals surface area contributed by atoms with E-state index in [2.05, 4.69) is 37.9 Å². The standard InChI is InChI=1S/C23H31N5O3/c29-18(13-12-17-8-4-3-5-9-17)14-15-19-20(22(30)16-21(19)26-31)10-6-1-2-7-11-23-24-27-28-25-23/h1,3-6,8-9,14-15,18-20,22,29-31H,2,7,10-13,16H2,(H,24,25,27,28)/b6-1-,15-14+,26-21-/t18?,19-,20-,22+/m1/s1. The number of hydrogen-bond donors (Lipinski definition) is 4. The third-order valence-corrected chi connectivity index (χ3v) is 5.73. The van der Waals surface area contributed by atoms with Gasteiger partial charge >= 0.3 is 0 Å². The number of unbranched alkanes of at least 4 members (excludes halogenated alkanes) is 1. The first kappa shape index (κ1) is 22.8. The van der Waals surface area contributed by atoms with Crippen LogP contribution in [0.2, 0.25) is 0 Å². The molecule has 8 heteroatoms. The monoisotopic (exact) mass is 425 g/mol. The number of oxime groups is 1. The summed E-state index contributed by atoms with van der Waals surface area (Å²) in [6.07, 6.45) is 11.7. The maximum Gasteiger partial charge on any atom is 0.174 e. The summed E-state index contributed by atoms with van der Waals surface area (Å²) in [6.45, 7) is 0. The first-order valence-corrected chi connectivity index (χ1v) is 10.8. The molecule has 1 aromatic carbocycles. The van der Waals surface area contributed by atoms with Gasteiger partial charge in [-0.05, 0) is 37.7 Å². The number of H-pyrrole nitrogens is 1. The van der Waals surface area contributed by atoms with Gasteiger partial charge in [0.25, 0.3) is 0 Å². The molecule has 1 aliphatic carbocycles. The van der Waals surface area contributed by atoms with Gasteiger partial charge in [0.1, 0.15) is 0 Å². The number of aryl methyl sites for hydroxylation is 2. The van der Waals surface area contributed by atoms with Crippen LogP contribution in [0.5, 0.6) is 0 Å². The molecule has 0 aliphatic heterocycles. The number of aromatic amines is 1. The molecule has 1 aliphatic rings. The predicted molar refractivity (Wildman–Crippen MR) is 118 cm³/mol. The molecule has 0 radical (unpaired) electrons. The zero-order valence-electron chi connectivity index (χ0n) is 17.6. The fourth-order valence-corrected chi connectivity index (χ4v) is 3.99. The van der Waals surface area contributed by atoms with Crippen LogP contribution in [0.15, 0.2) is 59.8 Å². The summed E-state index contributed by atoms with van der Waals surface area (Å²) in [6, 6.07) is 10.1. The average molecular weight is 426 g/mol. The summed E-state index contributed by atoms with van der Waals surface area (Å²) < 4.78 is 0. The van der Waals surface area contributed by atoms with E-state index in [1.165, 1.54) is 5.56 Å². The average Bonchev–Trinajstić information content (AvgIpc) is 3.41. The van der Waals surface area contributed by atoms with Crippen molar-refractivity contribution in [1.29, 1.82) is 0 Å². The van der Waals surface area contributed by atoms with Crippen molar-refractivity contribution in [2.75, 3.05) is 0 Å². The summed E-state index contributed by atoms with van der Waals surface area (Å²) in [5.74, 6) is 0.451. The second-order valence-corrected chi connectivity index (χ2v) is 7.96. The molecule has 1 fully saturated rings. The molecule has 166 valence electrons. The SMILES string of the molecule is O/N=C1/C[C@H](O)[C@H](C/C=C\CCCc2nn[nH]n2)[C@H]1/C=C/C(O)CCc1ccccc1. The van der Waals surface area contributed by atoms with E-state index in [0.29, 0.717) is 30.8 Å². The molecule has 1 heterocycles. The van der Waals surface area contributed by atoms with E-state index in [4.69, 9.17) is 0 Å². The van der Waals surface area contributed by atoms with E-state index in [-0.39, 0.29) is 11.8 Å². The highest BCUT2D eigenvalue weighted by molar-refractivity contribution is 5.90. The molecule has 31 heavy (non-hydrogen) atoms. The van der Waals surface area contributed by atoms with E-state index in [1.807, 2.05) is 36.4 Å². The normalized spacial score (nSPS) is 23.9. The van der Waals surface area contributed by atoms with E-state index in [9.17, 15) is 15.4 Å². The van der Waals surface area contributed by atoms with Gasteiger partial charge in [0.15, 0.2) is 5.82 Å². The van der Waals surface area contributed by atoms with Gasteiger partial charge in [-0.1, -0.05) is 65.0 Å². The highest BCUT2D eigenvalue weighted by atomic mass is 16.4. The number of nitrogens with zero attached hydrogens (tertiary/aromatic N) is 4. The number of rotatable bonds is 11. The number of aliphatic hydroxyl groups is 2. The summed E-state index contributed by atoms with van der Waals surface area (Å²) in [7, 11) is 0. The number of benzene rings is 1. The fraction of sp³-hybridized carbons (Fsp3) is 0.478. The summed E-state index contributed by atoms with van der Waals surface area (Å²) in [4.78, 5) is 0. The van der Waals surface area contributed by atoms with Gasteiger partial charge in [-0.15, -0.1) is 10.2 Å². The second kappa shape index (κ2) is 12.1. The van der Waals surface area contributed by atoms with Crippen molar-refractivity contribution >= 4 is 5.71 Å². The molecule has 4 N–H and O–H groups in total. The van der Waals surface area contributed by atoms with Crippen LogP contribution < -0.4 is 0 Å². The molecule has 0 saturated heterocycles. The maximum absolute atomic E-state index is 10.5. The third kappa shape index (κ3) is 7.11. The molecule has 4 atom stereocenters. The van der Waals surface area contributed by atoms with Crippen molar-refractivity contribution in [1.82, 2.24) is 20.6 Å². The van der Waals surface area contributed by atoms with Gasteiger partial charge in [0.05, 0.1) is 17.9 Å². The van der Waals surface area contributed by atoms with E-state index < -0.39 is 12.2 Å². The van der Waals surface area contributed by atoms with Gasteiger partial charge in [-0.2, -0.15) is 5.21 Å². The summed E-state index contributed by atoms with van der Waals surface area (Å²) >= 11 is 0. The fourth-order valence-electron chi connectivity index (χ4n) is 3.99. The van der Waals surface area contributed by atoms with Gasteiger partial charge in [-0.3, -0.25) is 0 Å². The Balaban J connectivity index is 1.48. The van der Waals surface area contributed by atoms with Crippen molar-refractivity contribution in [3.63, 3.8) is 0 Å². The number of allylic oxidation sites excluding steroid dienone is 3. The first-order chi connectivity index (χ1) is 15.2. The lowest BCUT2D eigenvalue weighted by molar-refractivity contribution is 0.125. The van der Waals surface area contributed by atoms with E-state index in [0.717, 1.165) is 25.7 Å². The largest absolute Gasteiger partial charge is 0.411 e. The van der Waals surface area contributed by atoms with Crippen molar-refractivity contribution in [3.8, 4) is 0 Å². The molecule has 0 bridgehead atoms. The van der Waals surface area contributed by atoms with Gasteiger partial charge < -0.3 is 15.4 Å². The topological polar surface area (TPSA) is 128 Å². The van der Waals surface area contributed by atoms with Gasteiger partial charge in [0.2, 0.25) is 0 Å². The molecular formula is C23H31N5O3. The van der Waals surface area contributed by atoms with Crippen LogP contribution in [0.25, 0.3) is 0 Å². The molecule has 0 amide bonds. The molecule has 2 aromatic rings. The Morgan fingerprint density at radius 3 is 2.77 bits per heavy atom. The van der Waals surface area contributed by atoms with Crippen LogP contribution in [-0.2, 0) is 12.8 Å². The Morgan fingerprint density at radius 2 is 2.03 bits per heavy atom. The van der Waals surface area contributed by atoms with Crippen LogP contribution in [0.3, 0.4) is 0 Å². The lowest BCUT2D eigenvalue weighted by Gasteiger charge is -2.18. The molecule has 1 unspecified atom stereocenters. The minimum atomic E-state index is -0.584. The van der Waals surface area contributed by atoms with Gasteiger partial charge in [-0.25, -0.2) is 0 Å². The zero-order chi connectivity index (χ0) is 21.9. The van der Waals surface area contributed by atoms with E-state index >= 15 is 0 Å². The maximum atomic E-state index is 10.5. The Kier molecular flexibility index (Phi) is 8.93. The lowest BCUT2D eigenvalue weighted by Crippen LogP contribution is -2.19. The highest BCUT2D eigenvalue weighted by Crippen LogP contribution is 2.34. The Morgan fingerprint density at radius 1 is 1.19 bits per heavy atom. The Bertz CT molecular complexity index is 851. The third-order valence-electron chi connectivity index (χ3n) is 5.73. The first-order valence-electron chi connectivity index (χ1n) is 10.8. The molecule has 8 nitrogen and oxygen atoms in total. The van der Waals surface area contributed by atoms with Crippen LogP contribution in [-0.4, -0.2) is 54.0 Å². The van der Waals surface area contributed by atoms with Crippen molar-refractivity contribution in [2.45, 2.75) is 57.2 Å². The molecular weight excluding hydrogens is 394 g/mol. The molecule has 1 aromatic heterocycles. The molecule has 1 saturated carbocycles. The summed E-state index contributed by atoms with van der Waals surface area (Å²) in [5.41, 5.74) is 1.75. The van der Waals surface area contributed by atoms with Crippen LogP contribution in [0, 0.1) is 11.8 Å². The zero-order valence-corrected chi connectivity index (χ0v) is 17.6. The predicted octanol–water partition coefficient (Wildman–Crippen LogP) is 2.85. The van der Waals surface area contributed by atoms with Crippen molar-refractivity contribution in [2.24, 2.45) is 17.0 Å². The number of aromatic nitrogens is 4. The van der Waals surface area contributed by atoms with Crippen LogP contribution in [0.4, 0.5) is 0 Å². The van der Waals surface area contributed by atoms with Crippen LogP contribution >= 0.6 is 0 Å². The minimum Gasteiger partial charge on any atom is -0.411 e. The number of nitrogens with one attached hydrogen (secondary N) is 1. The summed E-state index contributed by atoms with van der Waals surface area (Å²) in [5, 5.41) is 47.4. The van der Waals surface area contributed by atoms with Crippen molar-refractivity contribution < 1.29 is 15.4 Å². The number of tetrazole rings is 1. The Hall–Kier alpha value is -2.84. The molecule has 0 spiro atoms. The van der Waals surface area contributed by atoms with Crippen LogP contribution in [0.1, 0.15) is 43.5 Å². The number of hydrogen-bond acceptors (Lipinski definition) is 7. The second-order valence-electron chi connectivity index (χ2n) is 7.96. The van der Waals surface area contributed by atoms with Crippen molar-refractivity contribution in [3.05, 3.63) is 66.0 Å². The quantitative estimate of drug-likeness (QED) is 0.190. The highest BCUT2D eigenvalue weighted by Gasteiger charge is 2.38. The number of aliphatic hydroxyl groups excluding tert-OH is 2. The van der Waals surface area contributed by atoms with E-state index in [1.54, 1.807) is 6.08 Å². The van der Waals surface area contributed by atoms with Gasteiger partial charge in [0, 0.05) is 24.7 Å². The molecule has 3 rings (SSSR count). The minimum absolute atomic E-state index is 0.0723. The smallest absolute Gasteiger partial charge is 0.174 e. The lowest BCUT2D eigenvalue weighted by atomic mass is 9.89.